The second-order valence-electron chi connectivity index (χ2n) is 4.62. The Kier molecular flexibility index (Phi) is 7.73. The fourth-order valence-electron chi connectivity index (χ4n) is 2.02. The predicted octanol–water partition coefficient (Wildman–Crippen LogP) is 2.35. The molecule has 2 heterocycles. The molecule has 0 amide bonds. The molecule has 0 radical (unpaired) electrons. The monoisotopic (exact) mass is 419 g/mol. The molecule has 0 fully saturated rings. The van der Waals surface area contributed by atoms with Crippen molar-refractivity contribution in [2.24, 2.45) is 12.0 Å². The molecule has 2 aromatic heterocycles. The molecule has 0 atom stereocenters. The first-order chi connectivity index (χ1) is 9.70. The van der Waals surface area contributed by atoms with Gasteiger partial charge in [0.05, 0.1) is 11.6 Å². The number of halogens is 1. The summed E-state index contributed by atoms with van der Waals surface area (Å²) in [6.07, 6.45) is 4.83. The molecule has 2 rings (SSSR count). The van der Waals surface area contributed by atoms with E-state index < -0.39 is 0 Å². The van der Waals surface area contributed by atoms with Crippen molar-refractivity contribution in [1.29, 1.82) is 0 Å². The van der Waals surface area contributed by atoms with Crippen molar-refractivity contribution in [3.05, 3.63) is 40.6 Å². The van der Waals surface area contributed by atoms with Gasteiger partial charge >= 0.3 is 0 Å². The van der Waals surface area contributed by atoms with E-state index in [4.69, 9.17) is 0 Å². The maximum Gasteiger partial charge on any atom is 0.193 e. The summed E-state index contributed by atoms with van der Waals surface area (Å²) in [6.45, 7) is 1.68. The lowest BCUT2D eigenvalue weighted by Gasteiger charge is -2.22. The van der Waals surface area contributed by atoms with Gasteiger partial charge in [0.15, 0.2) is 5.96 Å². The number of aliphatic imine (C=N–C) groups is 1. The fourth-order valence-corrected chi connectivity index (χ4v) is 2.64. The minimum Gasteiger partial charge on any atom is -0.356 e. The minimum atomic E-state index is 0. The second-order valence-corrected chi connectivity index (χ2v) is 5.60. The molecule has 1 N–H and O–H groups in total. The highest BCUT2D eigenvalue weighted by Crippen LogP contribution is 2.05. The first-order valence-electron chi connectivity index (χ1n) is 6.61. The van der Waals surface area contributed by atoms with Gasteiger partial charge in [0, 0.05) is 57.6 Å². The van der Waals surface area contributed by atoms with E-state index in [0.717, 1.165) is 30.5 Å². The molecule has 0 unspecified atom stereocenters. The summed E-state index contributed by atoms with van der Waals surface area (Å²) in [5, 5.41) is 6.53. The van der Waals surface area contributed by atoms with Gasteiger partial charge in [0.25, 0.3) is 0 Å². The molecule has 7 heteroatoms. The van der Waals surface area contributed by atoms with Gasteiger partial charge in [-0.05, 0) is 12.1 Å². The van der Waals surface area contributed by atoms with Gasteiger partial charge in [0.2, 0.25) is 0 Å². The van der Waals surface area contributed by atoms with Crippen LogP contribution >= 0.6 is 35.3 Å². The van der Waals surface area contributed by atoms with Gasteiger partial charge in [-0.15, -0.1) is 35.3 Å². The molecule has 116 valence electrons. The number of aryl methyl sites for hydroxylation is 1. The van der Waals surface area contributed by atoms with E-state index in [9.17, 15) is 0 Å². The summed E-state index contributed by atoms with van der Waals surface area (Å²) in [4.78, 5) is 10.7. The largest absolute Gasteiger partial charge is 0.356 e. The van der Waals surface area contributed by atoms with Crippen LogP contribution in [0.2, 0.25) is 0 Å². The van der Waals surface area contributed by atoms with Crippen LogP contribution in [0.4, 0.5) is 0 Å². The Balaban J connectivity index is 0.00000220. The van der Waals surface area contributed by atoms with Crippen molar-refractivity contribution in [2.75, 3.05) is 20.6 Å². The molecule has 0 saturated heterocycles. The van der Waals surface area contributed by atoms with E-state index in [1.807, 2.05) is 25.7 Å². The number of hydrogen-bond donors (Lipinski definition) is 1. The third-order valence-corrected chi connectivity index (χ3v) is 3.97. The maximum absolute atomic E-state index is 4.32. The molecule has 21 heavy (non-hydrogen) atoms. The van der Waals surface area contributed by atoms with Crippen LogP contribution in [0, 0.1) is 0 Å². The first kappa shape index (κ1) is 18.0. The molecule has 0 saturated carbocycles. The standard InChI is InChI=1S/C14H21N5S.HI/c1-15-14(17-7-6-13-16-8-10-20-13)19(3)11-12-5-4-9-18(12)2;/h4-5,8-10H,6-7,11H2,1-3H3,(H,15,17);1H. The Hall–Kier alpha value is -1.09. The van der Waals surface area contributed by atoms with E-state index in [-0.39, 0.29) is 24.0 Å². The second kappa shape index (κ2) is 9.04. The van der Waals surface area contributed by atoms with Crippen LogP contribution in [-0.2, 0) is 20.0 Å². The molecular formula is C14H22IN5S. The Labute approximate surface area is 147 Å². The summed E-state index contributed by atoms with van der Waals surface area (Å²) in [5.74, 6) is 0.905. The summed E-state index contributed by atoms with van der Waals surface area (Å²) in [5.41, 5.74) is 1.26. The summed E-state index contributed by atoms with van der Waals surface area (Å²) in [7, 11) is 5.92. The number of nitrogens with one attached hydrogen (secondary N) is 1. The van der Waals surface area contributed by atoms with Gasteiger partial charge in [0.1, 0.15) is 0 Å². The van der Waals surface area contributed by atoms with Crippen LogP contribution in [0.5, 0.6) is 0 Å². The van der Waals surface area contributed by atoms with Gasteiger partial charge in [-0.2, -0.15) is 0 Å². The third-order valence-electron chi connectivity index (χ3n) is 3.13. The predicted molar refractivity (Wildman–Crippen MR) is 99.5 cm³/mol. The van der Waals surface area contributed by atoms with Gasteiger partial charge < -0.3 is 14.8 Å². The van der Waals surface area contributed by atoms with E-state index in [1.54, 1.807) is 11.3 Å². The molecule has 0 aliphatic rings. The van der Waals surface area contributed by atoms with Crippen LogP contribution in [-0.4, -0.2) is 41.1 Å². The molecule has 0 aromatic carbocycles. The van der Waals surface area contributed by atoms with E-state index in [1.165, 1.54) is 5.69 Å². The molecule has 0 bridgehead atoms. The zero-order valence-corrected chi connectivity index (χ0v) is 15.8. The van der Waals surface area contributed by atoms with Crippen molar-refractivity contribution in [3.8, 4) is 0 Å². The van der Waals surface area contributed by atoms with E-state index >= 15 is 0 Å². The lowest BCUT2D eigenvalue weighted by molar-refractivity contribution is 0.462. The summed E-state index contributed by atoms with van der Waals surface area (Å²) >= 11 is 1.69. The number of guanidine groups is 1. The Bertz CT molecular complexity index is 549. The lowest BCUT2D eigenvalue weighted by Crippen LogP contribution is -2.39. The van der Waals surface area contributed by atoms with Crippen LogP contribution in [0.25, 0.3) is 0 Å². The quantitative estimate of drug-likeness (QED) is 0.460. The van der Waals surface area contributed by atoms with Crippen LogP contribution in [0.1, 0.15) is 10.7 Å². The summed E-state index contributed by atoms with van der Waals surface area (Å²) < 4.78 is 2.12. The van der Waals surface area contributed by atoms with Crippen LogP contribution < -0.4 is 5.32 Å². The van der Waals surface area contributed by atoms with E-state index in [0.29, 0.717) is 0 Å². The van der Waals surface area contributed by atoms with Crippen molar-refractivity contribution < 1.29 is 0 Å². The normalized spacial score (nSPS) is 11.1. The van der Waals surface area contributed by atoms with Crippen molar-refractivity contribution in [1.82, 2.24) is 19.8 Å². The van der Waals surface area contributed by atoms with Gasteiger partial charge in [-0.1, -0.05) is 0 Å². The molecule has 0 aliphatic heterocycles. The number of nitrogens with zero attached hydrogens (tertiary/aromatic N) is 4. The SMILES string of the molecule is CN=C(NCCc1nccs1)N(C)Cc1cccn1C.I. The van der Waals surface area contributed by atoms with E-state index in [2.05, 4.69) is 50.1 Å². The zero-order valence-electron chi connectivity index (χ0n) is 12.6. The average Bonchev–Trinajstić information content (AvgIpc) is 3.07. The maximum atomic E-state index is 4.32. The summed E-state index contributed by atoms with van der Waals surface area (Å²) in [6, 6.07) is 4.18. The lowest BCUT2D eigenvalue weighted by atomic mass is 10.4. The number of thiazole rings is 1. The average molecular weight is 419 g/mol. The smallest absolute Gasteiger partial charge is 0.193 e. The van der Waals surface area contributed by atoms with Crippen LogP contribution in [0.3, 0.4) is 0 Å². The topological polar surface area (TPSA) is 45.5 Å². The number of hydrogen-bond acceptors (Lipinski definition) is 3. The van der Waals surface area contributed by atoms with Crippen LogP contribution in [0.15, 0.2) is 34.9 Å². The highest BCUT2D eigenvalue weighted by molar-refractivity contribution is 14.0. The Morgan fingerprint density at radius 2 is 2.33 bits per heavy atom. The molecule has 0 aliphatic carbocycles. The zero-order chi connectivity index (χ0) is 14.4. The van der Waals surface area contributed by atoms with Crippen molar-refractivity contribution in [2.45, 2.75) is 13.0 Å². The minimum absolute atomic E-state index is 0. The van der Waals surface area contributed by atoms with Gasteiger partial charge in [-0.25, -0.2) is 4.98 Å². The highest BCUT2D eigenvalue weighted by atomic mass is 127. The fraction of sp³-hybridized carbons (Fsp3) is 0.429. The van der Waals surface area contributed by atoms with Crippen molar-refractivity contribution in [3.63, 3.8) is 0 Å². The first-order valence-corrected chi connectivity index (χ1v) is 7.49. The molecule has 5 nitrogen and oxygen atoms in total. The molecular weight excluding hydrogens is 397 g/mol. The third kappa shape index (κ3) is 5.31. The number of rotatable bonds is 5. The molecule has 2 aromatic rings. The molecule has 0 spiro atoms. The Morgan fingerprint density at radius 3 is 2.90 bits per heavy atom. The number of aromatic nitrogens is 2. The Morgan fingerprint density at radius 1 is 1.52 bits per heavy atom. The van der Waals surface area contributed by atoms with Gasteiger partial charge in [-0.3, -0.25) is 4.99 Å². The van der Waals surface area contributed by atoms with Crippen molar-refractivity contribution >= 4 is 41.3 Å². The highest BCUT2D eigenvalue weighted by Gasteiger charge is 2.08.